The topological polar surface area (TPSA) is 24.1 Å². The van der Waals surface area contributed by atoms with E-state index < -0.39 is 0 Å². The van der Waals surface area contributed by atoms with Crippen LogP contribution in [0.4, 0.5) is 0 Å². The van der Waals surface area contributed by atoms with Gasteiger partial charge < -0.3 is 10.6 Å². The fraction of sp³-hybridized carbons (Fsp3) is 1.00. The molecular weight excluding hydrogens is 310 g/mol. The van der Waals surface area contributed by atoms with Crippen LogP contribution >= 0.6 is 0 Å². The fourth-order valence-corrected chi connectivity index (χ4v) is 4.03. The third kappa shape index (κ3) is 8.67. The van der Waals surface area contributed by atoms with Crippen molar-refractivity contribution in [2.75, 3.05) is 0 Å². The first kappa shape index (κ1) is 21.5. The van der Waals surface area contributed by atoms with Gasteiger partial charge in [0.05, 0.1) is 0 Å². The van der Waals surface area contributed by atoms with Gasteiger partial charge in [0.25, 0.3) is 0 Å². The molecular formula is C18H38N2Zn. The Labute approximate surface area is 146 Å². The molecule has 3 heteroatoms. The zero-order chi connectivity index (χ0) is 15.7. The Morgan fingerprint density at radius 1 is 0.476 bits per heavy atom. The van der Waals surface area contributed by atoms with E-state index in [1.807, 2.05) is 0 Å². The molecule has 0 radical (unpaired) electrons. The Morgan fingerprint density at radius 2 is 0.667 bits per heavy atom. The zero-order valence-electron chi connectivity index (χ0n) is 15.9. The summed E-state index contributed by atoms with van der Waals surface area (Å²) in [6, 6.07) is 0. The second-order valence-electron chi connectivity index (χ2n) is 9.49. The van der Waals surface area contributed by atoms with Crippen molar-refractivity contribution in [2.24, 2.45) is 0 Å². The molecule has 0 amide bonds. The Morgan fingerprint density at radius 3 is 0.762 bits per heavy atom. The van der Waals surface area contributed by atoms with E-state index in [4.69, 9.17) is 0 Å². The van der Waals surface area contributed by atoms with E-state index in [0.29, 0.717) is 22.2 Å². The van der Waals surface area contributed by atoms with Gasteiger partial charge >= 0.3 is 0 Å². The van der Waals surface area contributed by atoms with Gasteiger partial charge in [-0.15, -0.1) is 0 Å². The summed E-state index contributed by atoms with van der Waals surface area (Å²) in [5, 5.41) is 7.26. The smallest absolute Gasteiger partial charge is 0.0130 e. The minimum Gasteiger partial charge on any atom is -0.307 e. The molecule has 0 aliphatic carbocycles. The summed E-state index contributed by atoms with van der Waals surface area (Å²) in [5.74, 6) is 0. The Bertz CT molecular complexity index is 259. The average Bonchev–Trinajstić information content (AvgIpc) is 2.09. The van der Waals surface area contributed by atoms with E-state index >= 15 is 0 Å². The van der Waals surface area contributed by atoms with Gasteiger partial charge in [0.1, 0.15) is 0 Å². The first-order valence-corrected chi connectivity index (χ1v) is 8.41. The van der Waals surface area contributed by atoms with E-state index in [9.17, 15) is 0 Å². The van der Waals surface area contributed by atoms with E-state index in [0.717, 1.165) is 0 Å². The molecule has 0 unspecified atom stereocenters. The van der Waals surface area contributed by atoms with Crippen molar-refractivity contribution in [2.45, 2.75) is 116 Å². The van der Waals surface area contributed by atoms with Crippen LogP contribution in [0.1, 0.15) is 93.9 Å². The molecule has 2 aliphatic heterocycles. The van der Waals surface area contributed by atoms with E-state index in [1.165, 1.54) is 38.5 Å². The Balaban J connectivity index is 0.000000364. The van der Waals surface area contributed by atoms with Crippen molar-refractivity contribution in [3.8, 4) is 0 Å². The molecule has 122 valence electrons. The second kappa shape index (κ2) is 7.41. The van der Waals surface area contributed by atoms with Crippen molar-refractivity contribution >= 4 is 0 Å². The zero-order valence-corrected chi connectivity index (χ0v) is 18.9. The first-order chi connectivity index (χ1) is 8.83. The molecule has 2 N–H and O–H groups in total. The summed E-state index contributed by atoms with van der Waals surface area (Å²) >= 11 is 0. The third-order valence-electron chi connectivity index (χ3n) is 4.56. The van der Waals surface area contributed by atoms with Gasteiger partial charge in [0.15, 0.2) is 0 Å². The quantitative estimate of drug-likeness (QED) is 0.624. The third-order valence-corrected chi connectivity index (χ3v) is 4.56. The average molecular weight is 348 g/mol. The molecule has 2 heterocycles. The number of hydrogen-bond donors (Lipinski definition) is 2. The van der Waals surface area contributed by atoms with Crippen LogP contribution in [0.2, 0.25) is 0 Å². The van der Waals surface area contributed by atoms with Gasteiger partial charge in [-0.2, -0.15) is 0 Å². The van der Waals surface area contributed by atoms with Crippen LogP contribution in [0.25, 0.3) is 0 Å². The summed E-state index contributed by atoms with van der Waals surface area (Å²) in [6.45, 7) is 18.3. The minimum atomic E-state index is 0. The second-order valence-corrected chi connectivity index (χ2v) is 9.49. The normalized spacial score (nSPS) is 28.6. The van der Waals surface area contributed by atoms with Crippen LogP contribution < -0.4 is 10.6 Å². The Kier molecular flexibility index (Phi) is 7.60. The number of piperidine rings is 2. The van der Waals surface area contributed by atoms with Crippen LogP contribution in [0.5, 0.6) is 0 Å². The van der Waals surface area contributed by atoms with E-state index in [2.05, 4.69) is 66.0 Å². The van der Waals surface area contributed by atoms with Crippen molar-refractivity contribution in [1.82, 2.24) is 10.6 Å². The van der Waals surface area contributed by atoms with Crippen molar-refractivity contribution in [1.29, 1.82) is 0 Å². The number of nitrogens with one attached hydrogen (secondary N) is 2. The molecule has 2 aliphatic rings. The molecule has 2 rings (SSSR count). The van der Waals surface area contributed by atoms with Crippen molar-refractivity contribution in [3.05, 3.63) is 0 Å². The van der Waals surface area contributed by atoms with Gasteiger partial charge in [0, 0.05) is 41.6 Å². The van der Waals surface area contributed by atoms with Gasteiger partial charge in [-0.3, -0.25) is 0 Å². The fourth-order valence-electron chi connectivity index (χ4n) is 4.03. The van der Waals surface area contributed by atoms with Crippen LogP contribution in [-0.4, -0.2) is 22.2 Å². The SMILES string of the molecule is CC1(C)CCCC(C)(C)N1.CC1(C)CCCC(C)(C)N1.[Zn]. The van der Waals surface area contributed by atoms with Gasteiger partial charge in [-0.05, 0) is 93.9 Å². The maximum Gasteiger partial charge on any atom is 0.0130 e. The molecule has 0 saturated carbocycles. The predicted molar refractivity (Wildman–Crippen MR) is 90.3 cm³/mol. The summed E-state index contributed by atoms with van der Waals surface area (Å²) in [7, 11) is 0. The van der Waals surface area contributed by atoms with E-state index in [1.54, 1.807) is 0 Å². The maximum absolute atomic E-state index is 3.63. The largest absolute Gasteiger partial charge is 0.307 e. The summed E-state index contributed by atoms with van der Waals surface area (Å²) in [5.41, 5.74) is 1.45. The number of rotatable bonds is 0. The van der Waals surface area contributed by atoms with Crippen LogP contribution in [0.15, 0.2) is 0 Å². The van der Waals surface area contributed by atoms with Gasteiger partial charge in [-0.25, -0.2) is 0 Å². The molecule has 2 saturated heterocycles. The Hall–Kier alpha value is 0.543. The van der Waals surface area contributed by atoms with Gasteiger partial charge in [0.2, 0.25) is 0 Å². The predicted octanol–water partition coefficient (Wildman–Crippen LogP) is 4.63. The van der Waals surface area contributed by atoms with Crippen molar-refractivity contribution in [3.63, 3.8) is 0 Å². The molecule has 0 aromatic heterocycles. The minimum absolute atomic E-state index is 0. The molecule has 0 spiro atoms. The summed E-state index contributed by atoms with van der Waals surface area (Å²) in [4.78, 5) is 0. The van der Waals surface area contributed by atoms with Crippen LogP contribution in [0.3, 0.4) is 0 Å². The molecule has 2 fully saturated rings. The maximum atomic E-state index is 3.63. The molecule has 0 bridgehead atoms. The monoisotopic (exact) mass is 346 g/mol. The standard InChI is InChI=1S/2C9H19N.Zn/c2*1-8(2)6-5-7-9(3,4)10-8;/h2*10H,5-7H2,1-4H3;. The molecule has 2 nitrogen and oxygen atoms in total. The summed E-state index contributed by atoms with van der Waals surface area (Å²) in [6.07, 6.45) is 8.00. The van der Waals surface area contributed by atoms with E-state index in [-0.39, 0.29) is 19.5 Å². The molecule has 0 atom stereocenters. The van der Waals surface area contributed by atoms with Crippen molar-refractivity contribution < 1.29 is 19.5 Å². The summed E-state index contributed by atoms with van der Waals surface area (Å²) < 4.78 is 0. The molecule has 0 aromatic rings. The van der Waals surface area contributed by atoms with Crippen LogP contribution in [0, 0.1) is 0 Å². The molecule has 21 heavy (non-hydrogen) atoms. The van der Waals surface area contributed by atoms with Crippen LogP contribution in [-0.2, 0) is 19.5 Å². The van der Waals surface area contributed by atoms with Gasteiger partial charge in [-0.1, -0.05) is 0 Å². The molecule has 0 aromatic carbocycles. The number of hydrogen-bond acceptors (Lipinski definition) is 2. The first-order valence-electron chi connectivity index (χ1n) is 8.41.